The predicted molar refractivity (Wildman–Crippen MR) is 98.5 cm³/mol. The van der Waals surface area contributed by atoms with Crippen LogP contribution < -0.4 is 0 Å². The van der Waals surface area contributed by atoms with Crippen LogP contribution in [0.3, 0.4) is 0 Å². The number of nitrogens with zero attached hydrogens (tertiary/aromatic N) is 3. The van der Waals surface area contributed by atoms with Gasteiger partial charge in [-0.25, -0.2) is 4.98 Å². The van der Waals surface area contributed by atoms with E-state index < -0.39 is 0 Å². The number of aromatic amines is 1. The minimum Gasteiger partial charge on any atom is -0.396 e. The molecule has 1 atom stereocenters. The minimum atomic E-state index is 0.0470. The van der Waals surface area contributed by atoms with Crippen molar-refractivity contribution in [3.63, 3.8) is 0 Å². The number of hydrogen-bond donors (Lipinski definition) is 2. The lowest BCUT2D eigenvalue weighted by molar-refractivity contribution is -0.142. The molecule has 2 aliphatic heterocycles. The van der Waals surface area contributed by atoms with Gasteiger partial charge in [-0.05, 0) is 51.6 Å². The van der Waals surface area contributed by atoms with Crippen molar-refractivity contribution in [1.29, 1.82) is 0 Å². The van der Waals surface area contributed by atoms with E-state index in [2.05, 4.69) is 14.9 Å². The van der Waals surface area contributed by atoms with Gasteiger partial charge in [0, 0.05) is 44.1 Å². The normalized spacial score (nSPS) is 23.5. The van der Waals surface area contributed by atoms with Crippen LogP contribution in [0.15, 0.2) is 6.20 Å². The highest BCUT2D eigenvalue weighted by Crippen LogP contribution is 2.45. The fraction of sp³-hybridized carbons (Fsp3) is 0.789. The molecule has 1 spiro atoms. The van der Waals surface area contributed by atoms with Gasteiger partial charge < -0.3 is 19.7 Å². The average molecular weight is 364 g/mol. The maximum atomic E-state index is 12.2. The Balaban J connectivity index is 1.54. The Bertz CT molecular complexity index is 595. The maximum Gasteiger partial charge on any atom is 0.248 e. The van der Waals surface area contributed by atoms with Crippen molar-refractivity contribution in [3.8, 4) is 0 Å². The van der Waals surface area contributed by atoms with Crippen LogP contribution in [0.25, 0.3) is 0 Å². The molecule has 1 aromatic heterocycles. The van der Waals surface area contributed by atoms with Crippen molar-refractivity contribution in [1.82, 2.24) is 19.8 Å². The summed E-state index contributed by atoms with van der Waals surface area (Å²) in [6.45, 7) is 9.09. The lowest BCUT2D eigenvalue weighted by atomic mass is 9.64. The van der Waals surface area contributed by atoms with Crippen LogP contribution >= 0.6 is 0 Å². The quantitative estimate of drug-likeness (QED) is 0.792. The number of imidazole rings is 1. The van der Waals surface area contributed by atoms with E-state index in [1.807, 2.05) is 24.9 Å². The number of aliphatic hydroxyl groups is 1. The zero-order valence-electron chi connectivity index (χ0n) is 16.0. The molecule has 7 nitrogen and oxygen atoms in total. The Kier molecular flexibility index (Phi) is 6.32. The summed E-state index contributed by atoms with van der Waals surface area (Å²) in [6, 6.07) is 0. The number of aryl methyl sites for hydroxylation is 1. The fourth-order valence-corrected chi connectivity index (χ4v) is 4.45. The Morgan fingerprint density at radius 1 is 1.38 bits per heavy atom. The number of likely N-dealkylation sites (tertiary alicyclic amines) is 2. The summed E-state index contributed by atoms with van der Waals surface area (Å²) >= 11 is 0. The molecule has 7 heteroatoms. The third kappa shape index (κ3) is 4.27. The maximum absolute atomic E-state index is 12.2. The first-order valence-corrected chi connectivity index (χ1v) is 9.75. The first-order valence-electron chi connectivity index (χ1n) is 9.75. The molecule has 0 radical (unpaired) electrons. The third-order valence-corrected chi connectivity index (χ3v) is 6.17. The first kappa shape index (κ1) is 19.3. The molecule has 146 valence electrons. The molecule has 2 fully saturated rings. The van der Waals surface area contributed by atoms with Crippen molar-refractivity contribution in [2.24, 2.45) is 11.3 Å². The van der Waals surface area contributed by atoms with Gasteiger partial charge in [0.2, 0.25) is 5.91 Å². The molecule has 2 N–H and O–H groups in total. The van der Waals surface area contributed by atoms with Crippen molar-refractivity contribution in [2.45, 2.75) is 39.7 Å². The molecular weight excluding hydrogens is 332 g/mol. The number of aromatic nitrogens is 2. The van der Waals surface area contributed by atoms with Crippen LogP contribution in [0.2, 0.25) is 0 Å². The van der Waals surface area contributed by atoms with Crippen LogP contribution in [-0.4, -0.2) is 76.8 Å². The molecule has 26 heavy (non-hydrogen) atoms. The lowest BCUT2D eigenvalue weighted by Gasteiger charge is -2.51. The van der Waals surface area contributed by atoms with Crippen LogP contribution in [0.1, 0.15) is 37.7 Å². The van der Waals surface area contributed by atoms with Gasteiger partial charge in [0.15, 0.2) is 0 Å². The molecule has 0 saturated carbocycles. The minimum absolute atomic E-state index is 0.0470. The summed E-state index contributed by atoms with van der Waals surface area (Å²) in [4.78, 5) is 24.3. The number of aliphatic hydroxyl groups excluding tert-OH is 1. The summed E-state index contributed by atoms with van der Waals surface area (Å²) in [6.07, 6.45) is 5.00. The Morgan fingerprint density at radius 2 is 2.12 bits per heavy atom. The number of hydrogen-bond acceptors (Lipinski definition) is 5. The van der Waals surface area contributed by atoms with Gasteiger partial charge in [-0.1, -0.05) is 0 Å². The number of carbonyl (C=O) groups is 1. The fourth-order valence-electron chi connectivity index (χ4n) is 4.45. The van der Waals surface area contributed by atoms with Gasteiger partial charge in [0.25, 0.3) is 0 Å². The zero-order chi connectivity index (χ0) is 18.6. The molecular formula is C19H32N4O3. The summed E-state index contributed by atoms with van der Waals surface area (Å²) < 4.78 is 5.26. The van der Waals surface area contributed by atoms with Crippen molar-refractivity contribution < 1.29 is 14.6 Å². The third-order valence-electron chi connectivity index (χ3n) is 6.17. The van der Waals surface area contributed by atoms with E-state index in [4.69, 9.17) is 4.74 Å². The topological polar surface area (TPSA) is 81.7 Å². The van der Waals surface area contributed by atoms with Gasteiger partial charge in [-0.2, -0.15) is 0 Å². The summed E-state index contributed by atoms with van der Waals surface area (Å²) in [5, 5.41) is 9.99. The summed E-state index contributed by atoms with van der Waals surface area (Å²) in [5.41, 5.74) is 1.25. The van der Waals surface area contributed by atoms with Crippen LogP contribution in [-0.2, 0) is 16.1 Å². The molecule has 0 bridgehead atoms. The molecule has 0 aliphatic carbocycles. The number of nitrogens with one attached hydrogen (secondary N) is 1. The largest absolute Gasteiger partial charge is 0.396 e. The summed E-state index contributed by atoms with van der Waals surface area (Å²) in [5.74, 6) is 1.23. The van der Waals surface area contributed by atoms with E-state index in [9.17, 15) is 9.90 Å². The smallest absolute Gasteiger partial charge is 0.248 e. The second-order valence-corrected chi connectivity index (χ2v) is 7.76. The highest BCUT2D eigenvalue weighted by atomic mass is 16.5. The predicted octanol–water partition coefficient (Wildman–Crippen LogP) is 1.18. The van der Waals surface area contributed by atoms with Crippen LogP contribution in [0.5, 0.6) is 0 Å². The van der Waals surface area contributed by atoms with Crippen molar-refractivity contribution >= 4 is 5.91 Å². The molecule has 2 aliphatic rings. The van der Waals surface area contributed by atoms with Crippen molar-refractivity contribution in [2.75, 3.05) is 46.0 Å². The highest BCUT2D eigenvalue weighted by molar-refractivity contribution is 5.77. The number of amides is 1. The van der Waals surface area contributed by atoms with Gasteiger partial charge in [0.05, 0.1) is 6.54 Å². The molecule has 3 rings (SSSR count). The zero-order valence-corrected chi connectivity index (χ0v) is 16.0. The number of H-pyrrole nitrogens is 1. The molecule has 3 heterocycles. The Labute approximate surface area is 155 Å². The molecule has 0 aromatic carbocycles. The van der Waals surface area contributed by atoms with E-state index >= 15 is 0 Å². The van der Waals surface area contributed by atoms with E-state index in [-0.39, 0.29) is 30.5 Å². The number of piperidine rings is 2. The SMILES string of the molecule is CCOCC(=O)N1CCC2(CCN(Cc3ncc(C)[nH]3)CC2)[C@@H](CO)C1. The molecule has 1 aromatic rings. The van der Waals surface area contributed by atoms with Gasteiger partial charge in [-0.15, -0.1) is 0 Å². The average Bonchev–Trinajstić information content (AvgIpc) is 3.07. The van der Waals surface area contributed by atoms with Gasteiger partial charge in [-0.3, -0.25) is 9.69 Å². The molecule has 1 amide bonds. The monoisotopic (exact) mass is 364 g/mol. The second-order valence-electron chi connectivity index (χ2n) is 7.76. The van der Waals surface area contributed by atoms with E-state index in [1.54, 1.807) is 0 Å². The second kappa shape index (κ2) is 8.50. The van der Waals surface area contributed by atoms with Gasteiger partial charge >= 0.3 is 0 Å². The lowest BCUT2D eigenvalue weighted by Crippen LogP contribution is -2.55. The van der Waals surface area contributed by atoms with E-state index in [0.29, 0.717) is 13.2 Å². The van der Waals surface area contributed by atoms with Gasteiger partial charge in [0.1, 0.15) is 12.4 Å². The van der Waals surface area contributed by atoms with E-state index in [0.717, 1.165) is 57.0 Å². The van der Waals surface area contributed by atoms with Crippen LogP contribution in [0.4, 0.5) is 0 Å². The number of ether oxygens (including phenoxy) is 1. The molecule has 0 unspecified atom stereocenters. The van der Waals surface area contributed by atoms with Crippen LogP contribution in [0, 0.1) is 18.3 Å². The molecule has 2 saturated heterocycles. The number of carbonyl (C=O) groups excluding carboxylic acids is 1. The highest BCUT2D eigenvalue weighted by Gasteiger charge is 2.45. The Hall–Kier alpha value is -1.44. The number of rotatable bonds is 6. The van der Waals surface area contributed by atoms with E-state index in [1.165, 1.54) is 0 Å². The Morgan fingerprint density at radius 3 is 2.73 bits per heavy atom. The summed E-state index contributed by atoms with van der Waals surface area (Å²) in [7, 11) is 0. The van der Waals surface area contributed by atoms with Crippen molar-refractivity contribution in [3.05, 3.63) is 17.7 Å². The standard InChI is InChI=1S/C19H32N4O3/c1-3-26-14-18(25)23-9-6-19(16(11-23)13-24)4-7-22(8-5-19)12-17-20-10-15(2)21-17/h10,16,24H,3-9,11-14H2,1-2H3,(H,20,21)/t16-/m1/s1. The first-order chi connectivity index (χ1) is 12.6.